The number of nitrogens with two attached hydrogens (primary N) is 1. The third-order valence-corrected chi connectivity index (χ3v) is 2.18. The fraction of sp³-hybridized carbons (Fsp3) is 0.700. The summed E-state index contributed by atoms with van der Waals surface area (Å²) in [4.78, 5) is 22.8. The Morgan fingerprint density at radius 3 is 2.59 bits per heavy atom. The topological polar surface area (TPSA) is 91.0 Å². The van der Waals surface area contributed by atoms with Crippen LogP contribution in [0.15, 0.2) is 5.10 Å². The molecule has 0 bridgehead atoms. The third kappa shape index (κ3) is 2.94. The average Bonchev–Trinajstić information content (AvgIpc) is 2.52. The second kappa shape index (κ2) is 4.70. The van der Waals surface area contributed by atoms with E-state index in [1.807, 2.05) is 27.7 Å². The van der Waals surface area contributed by atoms with Gasteiger partial charge in [0, 0.05) is 12.0 Å². The van der Waals surface area contributed by atoms with Gasteiger partial charge in [-0.1, -0.05) is 6.92 Å². The number of nitrogens with one attached hydrogen (secondary N) is 1. The van der Waals surface area contributed by atoms with Crippen LogP contribution in [0.5, 0.6) is 0 Å². The lowest BCUT2D eigenvalue weighted by Crippen LogP contribution is -2.54. The fourth-order valence-corrected chi connectivity index (χ4v) is 1.43. The van der Waals surface area contributed by atoms with E-state index >= 15 is 0 Å². The largest absolute Gasteiger partial charge is 0.340 e. The van der Waals surface area contributed by atoms with Crippen LogP contribution in [0.3, 0.4) is 0 Å². The molecule has 2 amide bonds. The predicted octanol–water partition coefficient (Wildman–Crippen LogP) is 0.234. The van der Waals surface area contributed by atoms with E-state index < -0.39 is 17.7 Å². The normalized spacial score (nSPS) is 20.3. The van der Waals surface area contributed by atoms with Crippen LogP contribution in [-0.4, -0.2) is 39.9 Å². The maximum atomic E-state index is 11.9. The van der Waals surface area contributed by atoms with Gasteiger partial charge >= 0.3 is 6.03 Å². The van der Waals surface area contributed by atoms with Crippen molar-refractivity contribution >= 4 is 18.2 Å². The van der Waals surface area contributed by atoms with Crippen LogP contribution in [0.25, 0.3) is 0 Å². The van der Waals surface area contributed by atoms with Gasteiger partial charge in [0.15, 0.2) is 12.5 Å². The highest BCUT2D eigenvalue weighted by Gasteiger charge is 2.36. The van der Waals surface area contributed by atoms with E-state index in [0.29, 0.717) is 18.5 Å². The summed E-state index contributed by atoms with van der Waals surface area (Å²) in [6, 6.07) is -0.437. The SMILES string of the molecule is CCC1=NN(C(=O)NC(C)(C)C)C(C=O)N1N. The van der Waals surface area contributed by atoms with Gasteiger partial charge in [0.1, 0.15) is 5.84 Å². The lowest BCUT2D eigenvalue weighted by molar-refractivity contribution is -0.114. The second-order valence-corrected chi connectivity index (χ2v) is 4.85. The minimum Gasteiger partial charge on any atom is -0.332 e. The number of hydrogen-bond donors (Lipinski definition) is 2. The third-order valence-electron chi connectivity index (χ3n) is 2.18. The molecule has 0 radical (unpaired) electrons. The Morgan fingerprint density at radius 2 is 2.18 bits per heavy atom. The smallest absolute Gasteiger partial charge is 0.332 e. The van der Waals surface area contributed by atoms with Crippen molar-refractivity contribution in [3.05, 3.63) is 0 Å². The van der Waals surface area contributed by atoms with Crippen molar-refractivity contribution < 1.29 is 9.59 Å². The summed E-state index contributed by atoms with van der Waals surface area (Å²) in [5.74, 6) is 6.19. The number of hydrazine groups is 1. The molecule has 3 N–H and O–H groups in total. The van der Waals surface area contributed by atoms with Crippen LogP contribution in [0.1, 0.15) is 34.1 Å². The van der Waals surface area contributed by atoms with E-state index in [-0.39, 0.29) is 0 Å². The molecule has 1 atom stereocenters. The zero-order valence-electron chi connectivity index (χ0n) is 10.6. The van der Waals surface area contributed by atoms with Gasteiger partial charge in [-0.15, -0.1) is 0 Å². The molecular weight excluding hydrogens is 222 g/mol. The van der Waals surface area contributed by atoms with Gasteiger partial charge in [-0.05, 0) is 20.8 Å². The summed E-state index contributed by atoms with van der Waals surface area (Å²) in [6.07, 6.45) is 0.279. The van der Waals surface area contributed by atoms with Gasteiger partial charge in [0.25, 0.3) is 0 Å². The van der Waals surface area contributed by atoms with Gasteiger partial charge in [-0.25, -0.2) is 10.6 Å². The Balaban J connectivity index is 2.85. The summed E-state index contributed by atoms with van der Waals surface area (Å²) in [7, 11) is 0. The maximum Gasteiger partial charge on any atom is 0.340 e. The first kappa shape index (κ1) is 13.4. The molecule has 17 heavy (non-hydrogen) atoms. The molecule has 0 spiro atoms. The average molecular weight is 241 g/mol. The van der Waals surface area contributed by atoms with Gasteiger partial charge in [0.2, 0.25) is 0 Å². The standard InChI is InChI=1S/C10H19N5O2/c1-5-7-13-15(8(6-16)14(7)11)9(17)12-10(2,3)4/h6,8H,5,11H2,1-4H3,(H,12,17). The van der Waals surface area contributed by atoms with E-state index in [4.69, 9.17) is 5.84 Å². The molecule has 1 heterocycles. The number of hydrazone groups is 1. The Labute approximate surface area is 101 Å². The summed E-state index contributed by atoms with van der Waals surface area (Å²) in [6.45, 7) is 7.40. The predicted molar refractivity (Wildman–Crippen MR) is 63.7 cm³/mol. The number of amides is 2. The van der Waals surface area contributed by atoms with Crippen molar-refractivity contribution in [2.24, 2.45) is 10.9 Å². The van der Waals surface area contributed by atoms with E-state index in [1.165, 1.54) is 5.01 Å². The van der Waals surface area contributed by atoms with Crippen LogP contribution < -0.4 is 11.2 Å². The van der Waals surface area contributed by atoms with Gasteiger partial charge in [0.05, 0.1) is 0 Å². The highest BCUT2D eigenvalue weighted by molar-refractivity contribution is 5.90. The molecule has 0 fully saturated rings. The quantitative estimate of drug-likeness (QED) is 0.535. The number of carbonyl (C=O) groups is 2. The van der Waals surface area contributed by atoms with E-state index in [0.717, 1.165) is 5.01 Å². The summed E-state index contributed by atoms with van der Waals surface area (Å²) >= 11 is 0. The molecule has 0 saturated heterocycles. The van der Waals surface area contributed by atoms with Gasteiger partial charge in [-0.3, -0.25) is 9.80 Å². The zero-order chi connectivity index (χ0) is 13.2. The minimum atomic E-state index is -0.868. The maximum absolute atomic E-state index is 11.9. The van der Waals surface area contributed by atoms with Crippen molar-refractivity contribution in [1.82, 2.24) is 15.3 Å². The highest BCUT2D eigenvalue weighted by atomic mass is 16.2. The molecule has 1 aliphatic heterocycles. The molecule has 7 heteroatoms. The lowest BCUT2D eigenvalue weighted by atomic mass is 10.1. The highest BCUT2D eigenvalue weighted by Crippen LogP contribution is 2.14. The number of hydrogen-bond acceptors (Lipinski definition) is 5. The monoisotopic (exact) mass is 241 g/mol. The van der Waals surface area contributed by atoms with Crippen LogP contribution in [-0.2, 0) is 4.79 Å². The second-order valence-electron chi connectivity index (χ2n) is 4.85. The minimum absolute atomic E-state index is 0.394. The van der Waals surface area contributed by atoms with E-state index in [2.05, 4.69) is 10.4 Å². The van der Waals surface area contributed by atoms with E-state index in [9.17, 15) is 9.59 Å². The first-order chi connectivity index (χ1) is 7.80. The zero-order valence-corrected chi connectivity index (χ0v) is 10.6. The van der Waals surface area contributed by atoms with Crippen molar-refractivity contribution in [2.45, 2.75) is 45.8 Å². The summed E-state index contributed by atoms with van der Waals surface area (Å²) in [5.41, 5.74) is -0.394. The molecule has 0 aromatic heterocycles. The molecule has 0 aromatic rings. The van der Waals surface area contributed by atoms with Gasteiger partial charge < -0.3 is 5.32 Å². The number of aldehydes is 1. The van der Waals surface area contributed by atoms with Crippen molar-refractivity contribution in [2.75, 3.05) is 0 Å². The Hall–Kier alpha value is -1.63. The number of nitrogens with zero attached hydrogens (tertiary/aromatic N) is 3. The molecule has 7 nitrogen and oxygen atoms in total. The van der Waals surface area contributed by atoms with Crippen LogP contribution in [0.2, 0.25) is 0 Å². The molecule has 1 rings (SSSR count). The molecule has 0 aliphatic carbocycles. The summed E-state index contributed by atoms with van der Waals surface area (Å²) < 4.78 is 0. The van der Waals surface area contributed by atoms with Crippen molar-refractivity contribution in [3.63, 3.8) is 0 Å². The van der Waals surface area contributed by atoms with Crippen molar-refractivity contribution in [1.29, 1.82) is 0 Å². The molecule has 0 aromatic carbocycles. The Kier molecular flexibility index (Phi) is 3.72. The fourth-order valence-electron chi connectivity index (χ4n) is 1.43. The number of urea groups is 1. The van der Waals surface area contributed by atoms with Gasteiger partial charge in [-0.2, -0.15) is 10.1 Å². The summed E-state index contributed by atoms with van der Waals surface area (Å²) in [5, 5.41) is 9.03. The lowest BCUT2D eigenvalue weighted by Gasteiger charge is -2.26. The number of rotatable bonds is 2. The van der Waals surface area contributed by atoms with Crippen LogP contribution in [0.4, 0.5) is 4.79 Å². The first-order valence-electron chi connectivity index (χ1n) is 5.48. The Morgan fingerprint density at radius 1 is 1.59 bits per heavy atom. The molecule has 1 aliphatic rings. The number of amidine groups is 1. The molecular formula is C10H19N5O2. The van der Waals surface area contributed by atoms with E-state index in [1.54, 1.807) is 0 Å². The molecule has 0 saturated carbocycles. The van der Waals surface area contributed by atoms with Crippen LogP contribution in [0, 0.1) is 0 Å². The molecule has 96 valence electrons. The van der Waals surface area contributed by atoms with Crippen molar-refractivity contribution in [3.8, 4) is 0 Å². The Bertz CT molecular complexity index is 347. The molecule has 1 unspecified atom stereocenters. The first-order valence-corrected chi connectivity index (χ1v) is 5.48. The number of carbonyl (C=O) groups excluding carboxylic acids is 2. The van der Waals surface area contributed by atoms with Crippen LogP contribution >= 0.6 is 0 Å².